The van der Waals surface area contributed by atoms with Crippen LogP contribution in [0.4, 0.5) is 4.79 Å². The number of carbonyl (C=O) groups is 3. The maximum atomic E-state index is 13.4. The number of imide groups is 1. The van der Waals surface area contributed by atoms with E-state index >= 15 is 0 Å². The van der Waals surface area contributed by atoms with E-state index in [0.717, 1.165) is 52.2 Å². The van der Waals surface area contributed by atoms with Crippen LogP contribution in [0.2, 0.25) is 0 Å². The van der Waals surface area contributed by atoms with Crippen molar-refractivity contribution in [3.05, 3.63) is 58.7 Å². The molecule has 0 aromatic heterocycles. The van der Waals surface area contributed by atoms with Gasteiger partial charge in [-0.05, 0) is 56.4 Å². The molecule has 2 N–H and O–H groups in total. The van der Waals surface area contributed by atoms with Crippen molar-refractivity contribution in [2.45, 2.75) is 57.7 Å². The van der Waals surface area contributed by atoms with Crippen molar-refractivity contribution in [2.24, 2.45) is 0 Å². The zero-order valence-corrected chi connectivity index (χ0v) is 19.5. The Labute approximate surface area is 198 Å². The summed E-state index contributed by atoms with van der Waals surface area (Å²) >= 11 is 0. The van der Waals surface area contributed by atoms with E-state index in [9.17, 15) is 14.4 Å². The van der Waals surface area contributed by atoms with Gasteiger partial charge in [-0.3, -0.25) is 14.5 Å². The van der Waals surface area contributed by atoms with Crippen LogP contribution in [-0.2, 0) is 34.5 Å². The quantitative estimate of drug-likeness (QED) is 0.642. The number of rotatable bonds is 6. The van der Waals surface area contributed by atoms with E-state index in [2.05, 4.69) is 10.6 Å². The largest absolute Gasteiger partial charge is 0.494 e. The van der Waals surface area contributed by atoms with Gasteiger partial charge in [0.25, 0.3) is 5.91 Å². The van der Waals surface area contributed by atoms with Crippen molar-refractivity contribution in [2.75, 3.05) is 13.2 Å². The molecule has 2 aromatic carbocycles. The van der Waals surface area contributed by atoms with E-state index < -0.39 is 17.5 Å². The predicted octanol–water partition coefficient (Wildman–Crippen LogP) is 2.81. The Morgan fingerprint density at radius 1 is 1.26 bits per heavy atom. The summed E-state index contributed by atoms with van der Waals surface area (Å²) in [6.45, 7) is 4.29. The summed E-state index contributed by atoms with van der Waals surface area (Å²) in [5.41, 5.74) is 2.69. The van der Waals surface area contributed by atoms with Crippen molar-refractivity contribution < 1.29 is 23.9 Å². The highest BCUT2D eigenvalue weighted by atomic mass is 16.5. The van der Waals surface area contributed by atoms with E-state index in [4.69, 9.17) is 9.47 Å². The zero-order chi connectivity index (χ0) is 23.9. The number of fused-ring (bicyclic) bond motifs is 3. The Morgan fingerprint density at radius 3 is 2.91 bits per heavy atom. The fourth-order valence-corrected chi connectivity index (χ4v) is 5.26. The average molecular weight is 464 g/mol. The molecule has 8 nitrogen and oxygen atoms in total. The van der Waals surface area contributed by atoms with Crippen molar-refractivity contribution in [1.29, 1.82) is 0 Å². The van der Waals surface area contributed by atoms with E-state index in [1.165, 1.54) is 0 Å². The number of ether oxygens (including phenoxy) is 2. The maximum absolute atomic E-state index is 13.4. The summed E-state index contributed by atoms with van der Waals surface area (Å²) in [5, 5.41) is 5.71. The molecule has 3 aliphatic rings. The number of aryl methyl sites for hydroxylation is 1. The molecule has 8 heteroatoms. The second-order valence-corrected chi connectivity index (χ2v) is 9.15. The second-order valence-electron chi connectivity index (χ2n) is 9.15. The summed E-state index contributed by atoms with van der Waals surface area (Å²) < 4.78 is 11.6. The van der Waals surface area contributed by atoms with Crippen LogP contribution in [-0.4, -0.2) is 42.0 Å². The van der Waals surface area contributed by atoms with Crippen molar-refractivity contribution in [3.63, 3.8) is 0 Å². The highest BCUT2D eigenvalue weighted by Crippen LogP contribution is 2.40. The monoisotopic (exact) mass is 463 g/mol. The Morgan fingerprint density at radius 2 is 2.09 bits per heavy atom. The number of nitrogens with one attached hydrogen (secondary N) is 2. The fourth-order valence-electron chi connectivity index (χ4n) is 5.26. The topological polar surface area (TPSA) is 97.0 Å². The van der Waals surface area contributed by atoms with Gasteiger partial charge in [-0.1, -0.05) is 24.3 Å². The summed E-state index contributed by atoms with van der Waals surface area (Å²) in [5.74, 6) is 0.718. The molecule has 1 aliphatic carbocycles. The first-order chi connectivity index (χ1) is 16.4. The lowest BCUT2D eigenvalue weighted by Gasteiger charge is -2.33. The molecule has 178 valence electrons. The number of benzene rings is 2. The average Bonchev–Trinajstić information content (AvgIpc) is 3.29. The molecule has 0 saturated carbocycles. The van der Waals surface area contributed by atoms with Crippen molar-refractivity contribution >= 4 is 17.8 Å². The summed E-state index contributed by atoms with van der Waals surface area (Å²) in [7, 11) is 0. The summed E-state index contributed by atoms with van der Waals surface area (Å²) in [6, 6.07) is 11.0. The van der Waals surface area contributed by atoms with E-state index in [-0.39, 0.29) is 25.1 Å². The lowest BCUT2D eigenvalue weighted by molar-refractivity contribution is -0.135. The molecule has 2 aliphatic heterocycles. The highest BCUT2D eigenvalue weighted by Gasteiger charge is 2.54. The predicted molar refractivity (Wildman–Crippen MR) is 125 cm³/mol. The number of nitrogens with zero attached hydrogens (tertiary/aromatic N) is 1. The van der Waals surface area contributed by atoms with Gasteiger partial charge in [0.1, 0.15) is 29.7 Å². The van der Waals surface area contributed by atoms with Gasteiger partial charge in [-0.2, -0.15) is 0 Å². The molecular weight excluding hydrogens is 434 g/mol. The van der Waals surface area contributed by atoms with Gasteiger partial charge in [-0.15, -0.1) is 0 Å². The number of carbonyl (C=O) groups excluding carboxylic acids is 3. The molecule has 2 heterocycles. The van der Waals surface area contributed by atoms with E-state index in [0.29, 0.717) is 18.8 Å². The number of urea groups is 1. The molecule has 0 bridgehead atoms. The van der Waals surface area contributed by atoms with Gasteiger partial charge < -0.3 is 20.1 Å². The van der Waals surface area contributed by atoms with Crippen LogP contribution in [0.5, 0.6) is 11.5 Å². The first-order valence-electron chi connectivity index (χ1n) is 11.9. The smallest absolute Gasteiger partial charge is 0.325 e. The third-order valence-corrected chi connectivity index (χ3v) is 6.81. The molecular formula is C26H29N3O5. The van der Waals surface area contributed by atoms with Gasteiger partial charge in [0.15, 0.2) is 0 Å². The normalized spacial score (nSPS) is 22.8. The van der Waals surface area contributed by atoms with Gasteiger partial charge in [0, 0.05) is 24.1 Å². The SMILES string of the molecule is CCOc1cc2c(cc1CNC(=O)CN1C(=O)N[C@@]3(CCCc4ccccc43)C1=O)O[C@H](C)C2. The highest BCUT2D eigenvalue weighted by molar-refractivity contribution is 6.09. The maximum Gasteiger partial charge on any atom is 0.325 e. The van der Waals surface area contributed by atoms with Gasteiger partial charge in [0.2, 0.25) is 5.91 Å². The standard InChI is InChI=1S/C26H29N3O5/c1-3-33-21-12-18-11-16(2)34-22(18)13-19(21)14-27-23(30)15-29-24(31)26(28-25(29)32)10-6-8-17-7-4-5-9-20(17)26/h4-5,7,9,12-13,16H,3,6,8,10-11,14-15H2,1-2H3,(H,27,30)(H,28,32)/t16-,26-/m1/s1. The van der Waals surface area contributed by atoms with Crippen LogP contribution in [0.25, 0.3) is 0 Å². The first-order valence-corrected chi connectivity index (χ1v) is 11.9. The molecule has 1 saturated heterocycles. The Bertz CT molecular complexity index is 1160. The molecule has 34 heavy (non-hydrogen) atoms. The van der Waals surface area contributed by atoms with Gasteiger partial charge in [0.05, 0.1) is 6.61 Å². The Kier molecular flexibility index (Phi) is 5.67. The summed E-state index contributed by atoms with van der Waals surface area (Å²) in [4.78, 5) is 39.9. The number of amides is 4. The molecule has 2 atom stereocenters. The molecule has 0 unspecified atom stereocenters. The third kappa shape index (κ3) is 3.77. The second kappa shape index (κ2) is 8.66. The van der Waals surface area contributed by atoms with Crippen LogP contribution in [0.1, 0.15) is 48.9 Å². The van der Waals surface area contributed by atoms with Crippen LogP contribution >= 0.6 is 0 Å². The van der Waals surface area contributed by atoms with Crippen LogP contribution in [0, 0.1) is 0 Å². The third-order valence-electron chi connectivity index (χ3n) is 6.81. The minimum atomic E-state index is -1.08. The first kappa shape index (κ1) is 22.3. The van der Waals surface area contributed by atoms with Crippen LogP contribution < -0.4 is 20.1 Å². The minimum absolute atomic E-state index is 0.103. The molecule has 4 amide bonds. The van der Waals surface area contributed by atoms with Gasteiger partial charge in [-0.25, -0.2) is 4.79 Å². The Balaban J connectivity index is 1.29. The number of hydrogen-bond acceptors (Lipinski definition) is 5. The van der Waals surface area contributed by atoms with Crippen LogP contribution in [0.15, 0.2) is 36.4 Å². The van der Waals surface area contributed by atoms with Gasteiger partial charge >= 0.3 is 6.03 Å². The number of hydrogen-bond donors (Lipinski definition) is 2. The molecule has 1 fully saturated rings. The molecule has 0 radical (unpaired) electrons. The molecule has 2 aromatic rings. The van der Waals surface area contributed by atoms with E-state index in [1.807, 2.05) is 50.2 Å². The fraction of sp³-hybridized carbons (Fsp3) is 0.423. The molecule has 5 rings (SSSR count). The summed E-state index contributed by atoms with van der Waals surface area (Å²) in [6.07, 6.45) is 3.11. The molecule has 1 spiro atoms. The Hall–Kier alpha value is -3.55. The van der Waals surface area contributed by atoms with Crippen molar-refractivity contribution in [3.8, 4) is 11.5 Å². The van der Waals surface area contributed by atoms with Crippen LogP contribution in [0.3, 0.4) is 0 Å². The lowest BCUT2D eigenvalue weighted by Crippen LogP contribution is -2.47. The zero-order valence-electron chi connectivity index (χ0n) is 19.5. The van der Waals surface area contributed by atoms with E-state index in [1.54, 1.807) is 0 Å². The minimum Gasteiger partial charge on any atom is -0.494 e. The van der Waals surface area contributed by atoms with Crippen molar-refractivity contribution in [1.82, 2.24) is 15.5 Å². The lowest BCUT2D eigenvalue weighted by atomic mass is 9.76.